The van der Waals surface area contributed by atoms with Gasteiger partial charge in [0.05, 0.1) is 6.61 Å². The molecule has 0 aromatic carbocycles. The summed E-state index contributed by atoms with van der Waals surface area (Å²) in [5.74, 6) is -0.648. The van der Waals surface area contributed by atoms with Crippen LogP contribution in [0.3, 0.4) is 0 Å². The van der Waals surface area contributed by atoms with Gasteiger partial charge in [-0.15, -0.1) is 0 Å². The molecule has 2 fully saturated rings. The molecular formula is C9H15FO4. The van der Waals surface area contributed by atoms with E-state index >= 15 is 0 Å². The van der Waals surface area contributed by atoms with Crippen molar-refractivity contribution in [3.63, 3.8) is 0 Å². The van der Waals surface area contributed by atoms with Crippen molar-refractivity contribution in [1.82, 2.24) is 0 Å². The second-order valence-electron chi connectivity index (χ2n) is 4.02. The number of hydrogen-bond donors (Lipinski definition) is 0. The van der Waals surface area contributed by atoms with Crippen molar-refractivity contribution in [3.05, 3.63) is 0 Å². The Kier molecular flexibility index (Phi) is 2.51. The summed E-state index contributed by atoms with van der Waals surface area (Å²) in [4.78, 5) is 0. The van der Waals surface area contributed by atoms with Crippen LogP contribution in [0.1, 0.15) is 13.8 Å². The Morgan fingerprint density at radius 1 is 1.43 bits per heavy atom. The highest BCUT2D eigenvalue weighted by Gasteiger charge is 2.52. The van der Waals surface area contributed by atoms with Gasteiger partial charge in [-0.3, -0.25) is 0 Å². The normalized spacial score (nSPS) is 42.4. The van der Waals surface area contributed by atoms with Crippen LogP contribution in [0.5, 0.6) is 0 Å². The highest BCUT2D eigenvalue weighted by atomic mass is 19.1. The van der Waals surface area contributed by atoms with E-state index < -0.39 is 18.2 Å². The summed E-state index contributed by atoms with van der Waals surface area (Å²) < 4.78 is 34.1. The standard InChI is InChI=1S/C9H15FO4/c1-9(2)13-5-4-12-7(6(5)14-9)8(10)11-3/h5-8H,4H2,1-3H3/t5-,6-,7-,8?/m1/s1. The predicted molar refractivity (Wildman–Crippen MR) is 45.5 cm³/mol. The summed E-state index contributed by atoms with van der Waals surface area (Å²) >= 11 is 0. The molecule has 5 heteroatoms. The van der Waals surface area contributed by atoms with Crippen LogP contribution in [-0.4, -0.2) is 44.2 Å². The van der Waals surface area contributed by atoms with Crippen molar-refractivity contribution in [2.24, 2.45) is 0 Å². The molecule has 4 atom stereocenters. The molecule has 0 bridgehead atoms. The Bertz CT molecular complexity index is 221. The smallest absolute Gasteiger partial charge is 0.227 e. The minimum Gasteiger partial charge on any atom is -0.367 e. The third kappa shape index (κ3) is 1.65. The largest absolute Gasteiger partial charge is 0.367 e. The molecule has 0 aromatic heterocycles. The van der Waals surface area contributed by atoms with Crippen LogP contribution in [0.15, 0.2) is 0 Å². The van der Waals surface area contributed by atoms with E-state index in [1.54, 1.807) is 0 Å². The van der Waals surface area contributed by atoms with Crippen molar-refractivity contribution in [1.29, 1.82) is 0 Å². The zero-order chi connectivity index (χ0) is 10.3. The fourth-order valence-corrected chi connectivity index (χ4v) is 1.93. The fourth-order valence-electron chi connectivity index (χ4n) is 1.93. The summed E-state index contributed by atoms with van der Waals surface area (Å²) in [6.45, 7) is 3.98. The fraction of sp³-hybridized carbons (Fsp3) is 1.00. The lowest BCUT2D eigenvalue weighted by molar-refractivity contribution is -0.199. The van der Waals surface area contributed by atoms with Crippen molar-refractivity contribution in [2.45, 2.75) is 44.3 Å². The molecule has 0 aliphatic carbocycles. The zero-order valence-corrected chi connectivity index (χ0v) is 8.53. The molecule has 0 amide bonds. The van der Waals surface area contributed by atoms with E-state index in [4.69, 9.17) is 14.2 Å². The average molecular weight is 206 g/mol. The van der Waals surface area contributed by atoms with Gasteiger partial charge in [0, 0.05) is 7.11 Å². The van der Waals surface area contributed by atoms with E-state index in [0.717, 1.165) is 0 Å². The lowest BCUT2D eigenvalue weighted by atomic mass is 10.1. The first-order chi connectivity index (χ1) is 6.53. The minimum absolute atomic E-state index is 0.177. The quantitative estimate of drug-likeness (QED) is 0.671. The number of alkyl halides is 1. The number of methoxy groups -OCH3 is 1. The van der Waals surface area contributed by atoms with Crippen LogP contribution < -0.4 is 0 Å². The summed E-state index contributed by atoms with van der Waals surface area (Å²) in [6.07, 6.45) is -2.67. The number of fused-ring (bicyclic) bond motifs is 1. The summed E-state index contributed by atoms with van der Waals surface area (Å²) in [7, 11) is 1.31. The zero-order valence-electron chi connectivity index (χ0n) is 8.53. The molecule has 14 heavy (non-hydrogen) atoms. The first-order valence-electron chi connectivity index (χ1n) is 4.67. The molecule has 0 aromatic rings. The second-order valence-corrected chi connectivity index (χ2v) is 4.02. The number of ether oxygens (including phenoxy) is 4. The molecule has 0 spiro atoms. The van der Waals surface area contributed by atoms with E-state index in [0.29, 0.717) is 6.61 Å². The van der Waals surface area contributed by atoms with Gasteiger partial charge in [-0.05, 0) is 13.8 Å². The van der Waals surface area contributed by atoms with Crippen molar-refractivity contribution in [3.8, 4) is 0 Å². The lowest BCUT2D eigenvalue weighted by Crippen LogP contribution is -2.37. The molecule has 0 saturated carbocycles. The first kappa shape index (κ1) is 10.3. The van der Waals surface area contributed by atoms with Crippen LogP contribution >= 0.6 is 0 Å². The summed E-state index contributed by atoms with van der Waals surface area (Å²) in [6, 6.07) is 0. The monoisotopic (exact) mass is 206 g/mol. The summed E-state index contributed by atoms with van der Waals surface area (Å²) in [5, 5.41) is 0. The van der Waals surface area contributed by atoms with E-state index in [1.165, 1.54) is 7.11 Å². The number of rotatable bonds is 2. The molecule has 2 heterocycles. The number of hydrogen-bond acceptors (Lipinski definition) is 4. The van der Waals surface area contributed by atoms with Gasteiger partial charge in [0.15, 0.2) is 5.79 Å². The van der Waals surface area contributed by atoms with Gasteiger partial charge in [-0.2, -0.15) is 0 Å². The molecular weight excluding hydrogens is 191 g/mol. The van der Waals surface area contributed by atoms with Crippen molar-refractivity contribution >= 4 is 0 Å². The predicted octanol–water partition coefficient (Wildman–Crippen LogP) is 0.847. The van der Waals surface area contributed by atoms with Crippen LogP contribution in [0.4, 0.5) is 4.39 Å². The molecule has 2 aliphatic rings. The molecule has 2 rings (SSSR count). The van der Waals surface area contributed by atoms with Crippen molar-refractivity contribution < 1.29 is 23.3 Å². The third-order valence-electron chi connectivity index (χ3n) is 2.48. The Morgan fingerprint density at radius 2 is 2.14 bits per heavy atom. The Hall–Kier alpha value is -0.230. The molecule has 82 valence electrons. The maximum absolute atomic E-state index is 13.2. The van der Waals surface area contributed by atoms with Crippen LogP contribution in [0.25, 0.3) is 0 Å². The molecule has 2 saturated heterocycles. The maximum atomic E-state index is 13.2. The summed E-state index contributed by atoms with van der Waals surface area (Å²) in [5.41, 5.74) is 0. The van der Waals surface area contributed by atoms with Gasteiger partial charge in [0.1, 0.15) is 18.3 Å². The highest BCUT2D eigenvalue weighted by molar-refractivity contribution is 4.93. The van der Waals surface area contributed by atoms with E-state index in [1.807, 2.05) is 13.8 Å². The van der Waals surface area contributed by atoms with Crippen LogP contribution in [0.2, 0.25) is 0 Å². The van der Waals surface area contributed by atoms with Crippen LogP contribution in [0, 0.1) is 0 Å². The van der Waals surface area contributed by atoms with Gasteiger partial charge in [0.2, 0.25) is 6.36 Å². The van der Waals surface area contributed by atoms with Gasteiger partial charge in [0.25, 0.3) is 0 Å². The molecule has 4 nitrogen and oxygen atoms in total. The molecule has 2 aliphatic heterocycles. The van der Waals surface area contributed by atoms with Crippen molar-refractivity contribution in [2.75, 3.05) is 13.7 Å². The lowest BCUT2D eigenvalue weighted by Gasteiger charge is -2.22. The van der Waals surface area contributed by atoms with E-state index in [-0.39, 0.29) is 12.2 Å². The van der Waals surface area contributed by atoms with Gasteiger partial charge in [-0.1, -0.05) is 0 Å². The van der Waals surface area contributed by atoms with E-state index in [2.05, 4.69) is 4.74 Å². The second kappa shape index (κ2) is 3.41. The Balaban J connectivity index is 2.04. The minimum atomic E-state index is -1.46. The molecule has 0 radical (unpaired) electrons. The Morgan fingerprint density at radius 3 is 2.79 bits per heavy atom. The average Bonchev–Trinajstić information content (AvgIpc) is 2.58. The maximum Gasteiger partial charge on any atom is 0.227 e. The van der Waals surface area contributed by atoms with Gasteiger partial charge < -0.3 is 18.9 Å². The van der Waals surface area contributed by atoms with Crippen LogP contribution in [-0.2, 0) is 18.9 Å². The molecule has 1 unspecified atom stereocenters. The highest BCUT2D eigenvalue weighted by Crippen LogP contribution is 2.36. The topological polar surface area (TPSA) is 36.9 Å². The molecule has 0 N–H and O–H groups in total. The Labute approximate surface area is 82.3 Å². The number of halogens is 1. The van der Waals surface area contributed by atoms with Gasteiger partial charge >= 0.3 is 0 Å². The van der Waals surface area contributed by atoms with Gasteiger partial charge in [-0.25, -0.2) is 4.39 Å². The third-order valence-corrected chi connectivity index (χ3v) is 2.48. The first-order valence-corrected chi connectivity index (χ1v) is 4.67. The SMILES string of the molecule is COC(F)[C@@H]1OC[C@H]2OC(C)(C)O[C@H]21. The van der Waals surface area contributed by atoms with E-state index in [9.17, 15) is 4.39 Å².